The highest BCUT2D eigenvalue weighted by Crippen LogP contribution is 2.34. The van der Waals surface area contributed by atoms with Crippen LogP contribution in [0.5, 0.6) is 0 Å². The monoisotopic (exact) mass is 481 g/mol. The number of fused-ring (bicyclic) bond motifs is 1. The van der Waals surface area contributed by atoms with Crippen LogP contribution in [0.1, 0.15) is 47.3 Å². The quantitative estimate of drug-likeness (QED) is 0.308. The van der Waals surface area contributed by atoms with Crippen LogP contribution in [-0.2, 0) is 23.0 Å². The van der Waals surface area contributed by atoms with Gasteiger partial charge in [0.2, 0.25) is 0 Å². The first-order valence-corrected chi connectivity index (χ1v) is 11.5. The lowest BCUT2D eigenvalue weighted by molar-refractivity contribution is -0.387. The second kappa shape index (κ2) is 10.0. The van der Waals surface area contributed by atoms with Crippen molar-refractivity contribution >= 4 is 29.3 Å². The highest BCUT2D eigenvalue weighted by molar-refractivity contribution is 7.99. The van der Waals surface area contributed by atoms with E-state index in [9.17, 15) is 19.7 Å². The number of nitrogens with one attached hydrogen (secondary N) is 1. The molecule has 2 atom stereocenters. The normalized spacial score (nSPS) is 15.8. The van der Waals surface area contributed by atoms with Crippen molar-refractivity contribution in [3.63, 3.8) is 0 Å². The molecule has 11 heteroatoms. The number of carbonyl (C=O) groups excluding carboxylic acids is 2. The number of nitro benzene ring substituents is 1. The SMILES string of the molecule is C[C@@H](OC(=O)c1ccc(Sc2nncn2C)c([N+](=O)[O-])c1)C(=O)N[C@@H]1CCCc2ccccc21. The van der Waals surface area contributed by atoms with Crippen LogP contribution in [0.4, 0.5) is 5.69 Å². The molecule has 0 aliphatic heterocycles. The van der Waals surface area contributed by atoms with Gasteiger partial charge in [0.15, 0.2) is 11.3 Å². The van der Waals surface area contributed by atoms with E-state index in [-0.39, 0.29) is 17.3 Å². The topological polar surface area (TPSA) is 129 Å². The first kappa shape index (κ1) is 23.4. The van der Waals surface area contributed by atoms with Gasteiger partial charge in [-0.3, -0.25) is 14.9 Å². The third-order valence-corrected chi connectivity index (χ3v) is 6.72. The maximum atomic E-state index is 12.7. The molecule has 1 amide bonds. The summed E-state index contributed by atoms with van der Waals surface area (Å²) in [5.41, 5.74) is 2.00. The van der Waals surface area contributed by atoms with E-state index in [1.165, 1.54) is 30.9 Å². The van der Waals surface area contributed by atoms with E-state index in [0.717, 1.165) is 42.7 Å². The van der Waals surface area contributed by atoms with E-state index >= 15 is 0 Å². The Morgan fingerprint density at radius 2 is 2.09 bits per heavy atom. The molecule has 0 radical (unpaired) electrons. The fraction of sp³-hybridized carbons (Fsp3) is 0.304. The highest BCUT2D eigenvalue weighted by Gasteiger charge is 2.27. The third-order valence-electron chi connectivity index (χ3n) is 5.60. The van der Waals surface area contributed by atoms with Crippen molar-refractivity contribution in [2.45, 2.75) is 48.4 Å². The first-order chi connectivity index (χ1) is 16.3. The molecule has 0 saturated carbocycles. The summed E-state index contributed by atoms with van der Waals surface area (Å²) in [5, 5.41) is 22.7. The second-order valence-corrected chi connectivity index (χ2v) is 8.97. The Morgan fingerprint density at radius 3 is 2.82 bits per heavy atom. The lowest BCUT2D eigenvalue weighted by atomic mass is 9.87. The largest absolute Gasteiger partial charge is 0.449 e. The van der Waals surface area contributed by atoms with E-state index in [1.54, 1.807) is 11.6 Å². The summed E-state index contributed by atoms with van der Waals surface area (Å²) < 4.78 is 6.95. The number of aryl methyl sites for hydroxylation is 2. The van der Waals surface area contributed by atoms with Gasteiger partial charge >= 0.3 is 5.97 Å². The molecule has 2 aromatic carbocycles. The van der Waals surface area contributed by atoms with Crippen LogP contribution in [0.25, 0.3) is 0 Å². The fourth-order valence-electron chi connectivity index (χ4n) is 3.81. The minimum absolute atomic E-state index is 0.0170. The molecule has 4 rings (SSSR count). The predicted octanol–water partition coefficient (Wildman–Crippen LogP) is 3.61. The van der Waals surface area contributed by atoms with Gasteiger partial charge in [-0.1, -0.05) is 24.3 Å². The van der Waals surface area contributed by atoms with Gasteiger partial charge in [0, 0.05) is 13.1 Å². The zero-order chi connectivity index (χ0) is 24.2. The molecule has 0 spiro atoms. The Hall–Kier alpha value is -3.73. The molecule has 0 fully saturated rings. The van der Waals surface area contributed by atoms with E-state index in [1.807, 2.05) is 18.2 Å². The number of carbonyl (C=O) groups is 2. The third kappa shape index (κ3) is 5.09. The van der Waals surface area contributed by atoms with Crippen molar-refractivity contribution in [1.82, 2.24) is 20.1 Å². The first-order valence-electron chi connectivity index (χ1n) is 10.7. The average molecular weight is 482 g/mol. The van der Waals surface area contributed by atoms with Gasteiger partial charge in [0.05, 0.1) is 21.4 Å². The number of hydrogen-bond acceptors (Lipinski definition) is 8. The maximum absolute atomic E-state index is 12.7. The molecule has 3 aromatic rings. The van der Waals surface area contributed by atoms with Gasteiger partial charge < -0.3 is 14.6 Å². The van der Waals surface area contributed by atoms with E-state index in [2.05, 4.69) is 21.6 Å². The van der Waals surface area contributed by atoms with Crippen LogP contribution in [-0.4, -0.2) is 37.7 Å². The minimum Gasteiger partial charge on any atom is -0.449 e. The summed E-state index contributed by atoms with van der Waals surface area (Å²) >= 11 is 1.06. The number of rotatable bonds is 7. The van der Waals surface area contributed by atoms with Gasteiger partial charge in [0.1, 0.15) is 6.33 Å². The molecule has 0 saturated heterocycles. The lowest BCUT2D eigenvalue weighted by Gasteiger charge is -2.27. The van der Waals surface area contributed by atoms with Gasteiger partial charge in [-0.15, -0.1) is 10.2 Å². The zero-order valence-electron chi connectivity index (χ0n) is 18.6. The van der Waals surface area contributed by atoms with Crippen LogP contribution < -0.4 is 5.32 Å². The van der Waals surface area contributed by atoms with Crippen LogP contribution in [0, 0.1) is 10.1 Å². The van der Waals surface area contributed by atoms with E-state index in [4.69, 9.17) is 4.74 Å². The number of amides is 1. The molecule has 34 heavy (non-hydrogen) atoms. The van der Waals surface area contributed by atoms with Gasteiger partial charge in [0.25, 0.3) is 11.6 Å². The number of ether oxygens (including phenoxy) is 1. The van der Waals surface area contributed by atoms with Gasteiger partial charge in [-0.25, -0.2) is 4.79 Å². The molecule has 1 heterocycles. The molecule has 0 unspecified atom stereocenters. The van der Waals surface area contributed by atoms with E-state index in [0.29, 0.717) is 10.1 Å². The van der Waals surface area contributed by atoms with Crippen molar-refractivity contribution in [3.05, 3.63) is 75.6 Å². The van der Waals surface area contributed by atoms with Crippen molar-refractivity contribution < 1.29 is 19.2 Å². The summed E-state index contributed by atoms with van der Waals surface area (Å²) in [6.45, 7) is 1.48. The summed E-state index contributed by atoms with van der Waals surface area (Å²) in [7, 11) is 1.72. The molecule has 1 N–H and O–H groups in total. The summed E-state index contributed by atoms with van der Waals surface area (Å²) in [6.07, 6.45) is 3.15. The van der Waals surface area contributed by atoms with Gasteiger partial charge in [-0.2, -0.15) is 0 Å². The zero-order valence-corrected chi connectivity index (χ0v) is 19.4. The molecule has 10 nitrogen and oxygen atoms in total. The Bertz CT molecular complexity index is 1240. The van der Waals surface area contributed by atoms with Crippen LogP contribution in [0.3, 0.4) is 0 Å². The molecular formula is C23H23N5O5S. The number of nitrogens with zero attached hydrogens (tertiary/aromatic N) is 4. The Morgan fingerprint density at radius 1 is 1.29 bits per heavy atom. The molecule has 1 aliphatic carbocycles. The number of nitro groups is 1. The standard InChI is InChI=1S/C23H23N5O5S/c1-14(21(29)25-18-9-5-7-15-6-3-4-8-17(15)18)33-22(30)16-10-11-20(19(12-16)28(31)32)34-23-26-24-13-27(23)2/h3-4,6,8,10-14,18H,5,7,9H2,1-2H3,(H,25,29)/t14-,18-/m1/s1. The van der Waals surface area contributed by atoms with E-state index < -0.39 is 22.9 Å². The molecule has 176 valence electrons. The summed E-state index contributed by atoms with van der Waals surface area (Å²) in [5.74, 6) is -1.23. The van der Waals surface area contributed by atoms with Crippen molar-refractivity contribution in [1.29, 1.82) is 0 Å². The summed E-state index contributed by atoms with van der Waals surface area (Å²) in [4.78, 5) is 36.7. The highest BCUT2D eigenvalue weighted by atomic mass is 32.2. The molecule has 0 bridgehead atoms. The van der Waals surface area contributed by atoms with Crippen LogP contribution in [0.2, 0.25) is 0 Å². The number of esters is 1. The predicted molar refractivity (Wildman–Crippen MR) is 123 cm³/mol. The smallest absolute Gasteiger partial charge is 0.339 e. The summed E-state index contributed by atoms with van der Waals surface area (Å²) in [6, 6.07) is 11.8. The minimum atomic E-state index is -1.06. The lowest BCUT2D eigenvalue weighted by Crippen LogP contribution is -2.39. The maximum Gasteiger partial charge on any atom is 0.339 e. The Balaban J connectivity index is 1.43. The number of aromatic nitrogens is 3. The van der Waals surface area contributed by atoms with Gasteiger partial charge in [-0.05, 0) is 61.2 Å². The molecular weight excluding hydrogens is 458 g/mol. The van der Waals surface area contributed by atoms with Crippen LogP contribution >= 0.6 is 11.8 Å². The fourth-order valence-corrected chi connectivity index (χ4v) is 4.66. The molecule has 1 aromatic heterocycles. The molecule has 1 aliphatic rings. The Labute approximate surface area is 199 Å². The van der Waals surface area contributed by atoms with Crippen molar-refractivity contribution in [2.75, 3.05) is 0 Å². The van der Waals surface area contributed by atoms with Crippen molar-refractivity contribution in [2.24, 2.45) is 7.05 Å². The number of benzene rings is 2. The average Bonchev–Trinajstić information content (AvgIpc) is 3.23. The Kier molecular flexibility index (Phi) is 6.92. The second-order valence-electron chi connectivity index (χ2n) is 7.97. The van der Waals surface area contributed by atoms with Crippen molar-refractivity contribution in [3.8, 4) is 0 Å². The van der Waals surface area contributed by atoms with Crippen LogP contribution in [0.15, 0.2) is 58.8 Å². The number of hydrogen-bond donors (Lipinski definition) is 1.